The number of nitrogens with one attached hydrogen (secondary N) is 1. The molecule has 2 N–H and O–H groups in total. The molecule has 1 amide bonds. The lowest BCUT2D eigenvalue weighted by atomic mass is 10.1. The molecule has 0 bridgehead atoms. The molecule has 1 aromatic rings. The van der Waals surface area contributed by atoms with E-state index in [4.69, 9.17) is 5.11 Å². The summed E-state index contributed by atoms with van der Waals surface area (Å²) >= 11 is 0. The van der Waals surface area contributed by atoms with Crippen LogP contribution in [0.3, 0.4) is 0 Å². The van der Waals surface area contributed by atoms with Gasteiger partial charge in [-0.1, -0.05) is 6.92 Å². The number of hydrogen-bond acceptors (Lipinski definition) is 4. The molecule has 7 heteroatoms. The third-order valence-corrected chi connectivity index (χ3v) is 2.46. The number of nitrogens with zero attached hydrogens (tertiary/aromatic N) is 1. The van der Waals surface area contributed by atoms with E-state index in [0.29, 0.717) is 12.5 Å². The molecule has 98 valence electrons. The van der Waals surface area contributed by atoms with Gasteiger partial charge in [0.15, 0.2) is 0 Å². The molecule has 0 fully saturated rings. The van der Waals surface area contributed by atoms with Crippen molar-refractivity contribution >= 4 is 11.6 Å². The van der Waals surface area contributed by atoms with Crippen LogP contribution in [0, 0.1) is 15.9 Å². The average molecular weight is 256 g/mol. The first-order chi connectivity index (χ1) is 8.49. The zero-order valence-corrected chi connectivity index (χ0v) is 9.72. The molecule has 0 heterocycles. The Labute approximate surface area is 103 Å². The molecule has 0 unspecified atom stereocenters. The minimum absolute atomic E-state index is 0.253. The lowest BCUT2D eigenvalue weighted by Gasteiger charge is -2.14. The summed E-state index contributed by atoms with van der Waals surface area (Å²) in [5.41, 5.74) is -0.703. The molecule has 0 saturated carbocycles. The van der Waals surface area contributed by atoms with Crippen LogP contribution in [-0.2, 0) is 0 Å². The van der Waals surface area contributed by atoms with Crippen molar-refractivity contribution in [3.63, 3.8) is 0 Å². The van der Waals surface area contributed by atoms with Gasteiger partial charge in [-0.25, -0.2) is 4.39 Å². The van der Waals surface area contributed by atoms with E-state index in [-0.39, 0.29) is 12.2 Å². The van der Waals surface area contributed by atoms with Gasteiger partial charge in [-0.2, -0.15) is 0 Å². The van der Waals surface area contributed by atoms with Gasteiger partial charge in [-0.3, -0.25) is 14.9 Å². The van der Waals surface area contributed by atoms with Crippen LogP contribution in [0.2, 0.25) is 0 Å². The van der Waals surface area contributed by atoms with E-state index in [1.165, 1.54) is 0 Å². The number of nitro groups is 1. The van der Waals surface area contributed by atoms with Gasteiger partial charge >= 0.3 is 0 Å². The topological polar surface area (TPSA) is 92.5 Å². The van der Waals surface area contributed by atoms with E-state index < -0.39 is 28.4 Å². The maximum atomic E-state index is 13.5. The fourth-order valence-electron chi connectivity index (χ4n) is 1.34. The zero-order chi connectivity index (χ0) is 13.7. The quantitative estimate of drug-likeness (QED) is 0.612. The van der Waals surface area contributed by atoms with E-state index >= 15 is 0 Å². The molecule has 1 atom stereocenters. The van der Waals surface area contributed by atoms with Crippen LogP contribution in [0.25, 0.3) is 0 Å². The summed E-state index contributed by atoms with van der Waals surface area (Å²) in [6.07, 6.45) is 0.497. The molecular formula is C11H13FN2O4. The number of carbonyl (C=O) groups is 1. The standard InChI is InChI=1S/C11H13FN2O4/c1-2-7(6-15)13-11(16)9-4-3-8(14(17)18)5-10(9)12/h3-5,7,15H,2,6H2,1H3,(H,13,16)/t7-/m1/s1. The van der Waals surface area contributed by atoms with Gasteiger partial charge in [-0.05, 0) is 12.5 Å². The number of carbonyl (C=O) groups excluding carboxylic acids is 1. The Balaban J connectivity index is 2.90. The minimum atomic E-state index is -0.963. The molecule has 6 nitrogen and oxygen atoms in total. The number of non-ortho nitro benzene ring substituents is 1. The number of nitro benzene ring substituents is 1. The summed E-state index contributed by atoms with van der Waals surface area (Å²) in [6.45, 7) is 1.50. The molecule has 0 spiro atoms. The third-order valence-electron chi connectivity index (χ3n) is 2.46. The van der Waals surface area contributed by atoms with Gasteiger partial charge < -0.3 is 10.4 Å². The summed E-state index contributed by atoms with van der Waals surface area (Å²) in [5.74, 6) is -1.67. The second kappa shape index (κ2) is 6.06. The number of amides is 1. The first-order valence-electron chi connectivity index (χ1n) is 5.35. The van der Waals surface area contributed by atoms with Crippen LogP contribution in [-0.4, -0.2) is 28.6 Å². The predicted octanol–water partition coefficient (Wildman–Crippen LogP) is 1.23. The largest absolute Gasteiger partial charge is 0.394 e. The van der Waals surface area contributed by atoms with Crippen LogP contribution in [0.15, 0.2) is 18.2 Å². The fourth-order valence-corrected chi connectivity index (χ4v) is 1.34. The Morgan fingerprint density at radius 2 is 2.28 bits per heavy atom. The van der Waals surface area contributed by atoms with Crippen LogP contribution in [0.5, 0.6) is 0 Å². The number of halogens is 1. The maximum absolute atomic E-state index is 13.5. The van der Waals surface area contributed by atoms with Crippen molar-refractivity contribution in [1.82, 2.24) is 5.32 Å². The van der Waals surface area contributed by atoms with Crippen molar-refractivity contribution in [2.75, 3.05) is 6.61 Å². The molecule has 1 rings (SSSR count). The monoisotopic (exact) mass is 256 g/mol. The second-order valence-corrected chi connectivity index (χ2v) is 3.68. The van der Waals surface area contributed by atoms with E-state index in [1.807, 2.05) is 0 Å². The molecule has 0 aromatic heterocycles. The lowest BCUT2D eigenvalue weighted by molar-refractivity contribution is -0.385. The summed E-state index contributed by atoms with van der Waals surface area (Å²) in [5, 5.41) is 21.7. The second-order valence-electron chi connectivity index (χ2n) is 3.68. The molecule has 1 aromatic carbocycles. The molecule has 0 radical (unpaired) electrons. The highest BCUT2D eigenvalue weighted by Crippen LogP contribution is 2.16. The SMILES string of the molecule is CC[C@H](CO)NC(=O)c1ccc([N+](=O)[O-])cc1F. The molecular weight excluding hydrogens is 243 g/mol. The van der Waals surface area contributed by atoms with Crippen LogP contribution >= 0.6 is 0 Å². The number of aliphatic hydroxyl groups is 1. The number of benzene rings is 1. The van der Waals surface area contributed by atoms with Crippen molar-refractivity contribution in [3.8, 4) is 0 Å². The molecule has 0 aliphatic heterocycles. The molecule has 0 saturated heterocycles. The summed E-state index contributed by atoms with van der Waals surface area (Å²) in [6, 6.07) is 2.33. The number of rotatable bonds is 5. The average Bonchev–Trinajstić information content (AvgIpc) is 2.35. The molecule has 0 aliphatic carbocycles. The van der Waals surface area contributed by atoms with Gasteiger partial charge in [0.2, 0.25) is 0 Å². The van der Waals surface area contributed by atoms with E-state index in [1.54, 1.807) is 6.92 Å². The number of aliphatic hydroxyl groups excluding tert-OH is 1. The summed E-state index contributed by atoms with van der Waals surface area (Å²) in [4.78, 5) is 21.3. The summed E-state index contributed by atoms with van der Waals surface area (Å²) in [7, 11) is 0. The van der Waals surface area contributed by atoms with Gasteiger partial charge in [0.25, 0.3) is 11.6 Å². The van der Waals surface area contributed by atoms with E-state index in [9.17, 15) is 19.3 Å². The highest BCUT2D eigenvalue weighted by atomic mass is 19.1. The Morgan fingerprint density at radius 3 is 2.72 bits per heavy atom. The lowest BCUT2D eigenvalue weighted by Crippen LogP contribution is -2.37. The van der Waals surface area contributed by atoms with Crippen molar-refractivity contribution in [2.24, 2.45) is 0 Å². The molecule has 18 heavy (non-hydrogen) atoms. The molecule has 0 aliphatic rings. The Hall–Kier alpha value is -2.02. The maximum Gasteiger partial charge on any atom is 0.272 e. The Kier molecular flexibility index (Phi) is 4.73. The van der Waals surface area contributed by atoms with Gasteiger partial charge in [0.1, 0.15) is 5.82 Å². The smallest absolute Gasteiger partial charge is 0.272 e. The normalized spacial score (nSPS) is 11.9. The predicted molar refractivity (Wildman–Crippen MR) is 61.7 cm³/mol. The van der Waals surface area contributed by atoms with Gasteiger partial charge in [0, 0.05) is 6.07 Å². The minimum Gasteiger partial charge on any atom is -0.394 e. The van der Waals surface area contributed by atoms with Crippen molar-refractivity contribution < 1.29 is 19.2 Å². The van der Waals surface area contributed by atoms with Gasteiger partial charge in [0.05, 0.1) is 29.2 Å². The van der Waals surface area contributed by atoms with Crippen LogP contribution in [0.4, 0.5) is 10.1 Å². The Morgan fingerprint density at radius 1 is 1.61 bits per heavy atom. The third kappa shape index (κ3) is 3.24. The Bertz CT molecular complexity index is 460. The van der Waals surface area contributed by atoms with Crippen LogP contribution < -0.4 is 5.32 Å². The van der Waals surface area contributed by atoms with E-state index in [2.05, 4.69) is 5.32 Å². The van der Waals surface area contributed by atoms with Crippen molar-refractivity contribution in [3.05, 3.63) is 39.7 Å². The van der Waals surface area contributed by atoms with Crippen molar-refractivity contribution in [2.45, 2.75) is 19.4 Å². The highest BCUT2D eigenvalue weighted by molar-refractivity contribution is 5.94. The fraction of sp³-hybridized carbons (Fsp3) is 0.364. The first-order valence-corrected chi connectivity index (χ1v) is 5.35. The zero-order valence-electron chi connectivity index (χ0n) is 9.72. The van der Waals surface area contributed by atoms with Gasteiger partial charge in [-0.15, -0.1) is 0 Å². The van der Waals surface area contributed by atoms with Crippen LogP contribution in [0.1, 0.15) is 23.7 Å². The number of hydrogen-bond donors (Lipinski definition) is 2. The highest BCUT2D eigenvalue weighted by Gasteiger charge is 2.18. The summed E-state index contributed by atoms with van der Waals surface area (Å²) < 4.78 is 13.5. The van der Waals surface area contributed by atoms with E-state index in [0.717, 1.165) is 12.1 Å². The van der Waals surface area contributed by atoms with Crippen molar-refractivity contribution in [1.29, 1.82) is 0 Å². The first kappa shape index (κ1) is 14.0.